The largest absolute Gasteiger partial charge is 0.391 e. The summed E-state index contributed by atoms with van der Waals surface area (Å²) in [5, 5.41) is 25.5. The molecule has 0 radical (unpaired) electrons. The van der Waals surface area contributed by atoms with Crippen LogP contribution in [-0.4, -0.2) is 80.2 Å². The van der Waals surface area contributed by atoms with Crippen LogP contribution in [0.5, 0.6) is 0 Å². The lowest BCUT2D eigenvalue weighted by atomic mass is 9.80. The standard InChI is InChI=1S/C31H40N6O4S/c1-30(2,3)26(37-17-23(34-35-37)21-9-10-21)28(40)36-16-22(38)15-25(36)27(39)32-19-31(11-13-41-14-12-31)29-33-24(18-42-29)20-7-5-4-6-8-20/h4-8,17-18,21-22,25-26,38H,9-16,19H2,1-3H3,(H,32,39)/t22?,25?,26-/m1/s1. The van der Waals surface area contributed by atoms with Crippen LogP contribution in [0.25, 0.3) is 11.3 Å². The Morgan fingerprint density at radius 1 is 1.19 bits per heavy atom. The lowest BCUT2D eigenvalue weighted by Gasteiger charge is -2.37. The van der Waals surface area contributed by atoms with Crippen molar-refractivity contribution in [1.29, 1.82) is 0 Å². The van der Waals surface area contributed by atoms with E-state index in [2.05, 4.69) is 21.0 Å². The van der Waals surface area contributed by atoms with Gasteiger partial charge < -0.3 is 20.1 Å². The molecule has 1 aromatic carbocycles. The Hall–Kier alpha value is -3.15. The number of carbonyl (C=O) groups is 2. The highest BCUT2D eigenvalue weighted by Crippen LogP contribution is 2.41. The van der Waals surface area contributed by atoms with Crippen molar-refractivity contribution in [2.24, 2.45) is 5.41 Å². The summed E-state index contributed by atoms with van der Waals surface area (Å²) in [6, 6.07) is 8.67. The van der Waals surface area contributed by atoms with E-state index in [1.165, 1.54) is 0 Å². The molecule has 2 N–H and O–H groups in total. The molecule has 2 aromatic heterocycles. The van der Waals surface area contributed by atoms with E-state index in [1.807, 2.05) is 57.3 Å². The van der Waals surface area contributed by atoms with Crippen molar-refractivity contribution in [3.8, 4) is 11.3 Å². The number of hydrogen-bond acceptors (Lipinski definition) is 8. The highest BCUT2D eigenvalue weighted by atomic mass is 32.1. The molecule has 2 aliphatic heterocycles. The first-order valence-electron chi connectivity index (χ1n) is 14.9. The van der Waals surface area contributed by atoms with Gasteiger partial charge in [-0.05, 0) is 31.1 Å². The zero-order chi connectivity index (χ0) is 29.5. The molecule has 0 spiro atoms. The third-order valence-corrected chi connectivity index (χ3v) is 9.87. The lowest BCUT2D eigenvalue weighted by Crippen LogP contribution is -2.53. The van der Waals surface area contributed by atoms with E-state index in [9.17, 15) is 14.7 Å². The minimum absolute atomic E-state index is 0.111. The second-order valence-corrected chi connectivity index (χ2v) is 13.9. The molecule has 42 heavy (non-hydrogen) atoms. The third kappa shape index (κ3) is 5.87. The summed E-state index contributed by atoms with van der Waals surface area (Å²) in [5.74, 6) is -0.0594. The number of β-amino-alcohol motifs (C(OH)–C–C–N with tert-alkyl or cyclic N) is 1. The zero-order valence-electron chi connectivity index (χ0n) is 24.5. The molecule has 1 saturated carbocycles. The molecule has 2 unspecified atom stereocenters. The number of carbonyl (C=O) groups excluding carboxylic acids is 2. The fourth-order valence-corrected chi connectivity index (χ4v) is 7.28. The minimum atomic E-state index is -0.771. The normalized spacial score (nSPS) is 23.1. The summed E-state index contributed by atoms with van der Waals surface area (Å²) in [5.41, 5.74) is 2.06. The van der Waals surface area contributed by atoms with Gasteiger partial charge in [0, 0.05) is 61.2 Å². The Labute approximate surface area is 250 Å². The number of thiazole rings is 1. The lowest BCUT2D eigenvalue weighted by molar-refractivity contribution is -0.144. The number of ether oxygens (including phenoxy) is 1. The van der Waals surface area contributed by atoms with Crippen molar-refractivity contribution >= 4 is 23.2 Å². The summed E-state index contributed by atoms with van der Waals surface area (Å²) in [6.45, 7) is 7.65. The predicted octanol–water partition coefficient (Wildman–Crippen LogP) is 3.69. The van der Waals surface area contributed by atoms with Crippen LogP contribution in [0.4, 0.5) is 0 Å². The number of likely N-dealkylation sites (tertiary alicyclic amines) is 1. The van der Waals surface area contributed by atoms with Crippen molar-refractivity contribution < 1.29 is 19.4 Å². The molecule has 2 saturated heterocycles. The molecule has 3 aliphatic rings. The highest BCUT2D eigenvalue weighted by Gasteiger charge is 2.46. The number of hydrogen-bond donors (Lipinski definition) is 2. The van der Waals surface area contributed by atoms with E-state index >= 15 is 0 Å². The summed E-state index contributed by atoms with van der Waals surface area (Å²) >= 11 is 1.61. The number of rotatable bonds is 8. The van der Waals surface area contributed by atoms with Crippen LogP contribution < -0.4 is 5.32 Å². The Morgan fingerprint density at radius 2 is 1.93 bits per heavy atom. The Balaban J connectivity index is 1.20. The van der Waals surface area contributed by atoms with Crippen LogP contribution in [-0.2, 0) is 19.7 Å². The Bertz CT molecular complexity index is 1410. The molecule has 3 atom stereocenters. The number of nitrogens with one attached hydrogen (secondary N) is 1. The molecule has 6 rings (SSSR count). The van der Waals surface area contributed by atoms with Gasteiger partial charge in [0.05, 0.1) is 17.5 Å². The Kier molecular flexibility index (Phi) is 7.93. The summed E-state index contributed by atoms with van der Waals surface area (Å²) in [7, 11) is 0. The molecule has 2 amide bonds. The molecule has 0 bridgehead atoms. The zero-order valence-corrected chi connectivity index (χ0v) is 25.3. The maximum Gasteiger partial charge on any atom is 0.248 e. The van der Waals surface area contributed by atoms with Gasteiger partial charge in [-0.25, -0.2) is 9.67 Å². The fraction of sp³-hybridized carbons (Fsp3) is 0.581. The predicted molar refractivity (Wildman–Crippen MR) is 159 cm³/mol. The van der Waals surface area contributed by atoms with Crippen LogP contribution in [0.2, 0.25) is 0 Å². The first-order chi connectivity index (χ1) is 20.1. The molecule has 1 aliphatic carbocycles. The smallest absolute Gasteiger partial charge is 0.248 e. The van der Waals surface area contributed by atoms with E-state index in [0.717, 1.165) is 47.6 Å². The van der Waals surface area contributed by atoms with E-state index in [1.54, 1.807) is 20.9 Å². The van der Waals surface area contributed by atoms with E-state index < -0.39 is 23.6 Å². The minimum Gasteiger partial charge on any atom is -0.391 e. The maximum atomic E-state index is 14.1. The SMILES string of the molecule is CC(C)(C)[C@@H](C(=O)N1CC(O)CC1C(=O)NCC1(c2nc(-c3ccccc3)cs2)CCOCC1)n1cc(C2CC2)nn1. The van der Waals surface area contributed by atoms with Gasteiger partial charge >= 0.3 is 0 Å². The van der Waals surface area contributed by atoms with Gasteiger partial charge in [-0.2, -0.15) is 0 Å². The second-order valence-electron chi connectivity index (χ2n) is 13.1. The number of aromatic nitrogens is 4. The number of amides is 2. The Morgan fingerprint density at radius 3 is 2.62 bits per heavy atom. The van der Waals surface area contributed by atoms with Crippen molar-refractivity contribution in [3.63, 3.8) is 0 Å². The molecule has 3 fully saturated rings. The first kappa shape index (κ1) is 28.9. The molecular weight excluding hydrogens is 552 g/mol. The number of benzene rings is 1. The summed E-state index contributed by atoms with van der Waals surface area (Å²) in [6.07, 6.45) is 4.97. The van der Waals surface area contributed by atoms with Crippen molar-refractivity contribution in [3.05, 3.63) is 52.6 Å². The van der Waals surface area contributed by atoms with Crippen LogP contribution in [0.1, 0.15) is 75.5 Å². The quantitative estimate of drug-likeness (QED) is 0.409. The van der Waals surface area contributed by atoms with E-state index in [0.29, 0.717) is 25.7 Å². The average Bonchev–Trinajstić information content (AvgIpc) is 3.34. The highest BCUT2D eigenvalue weighted by molar-refractivity contribution is 7.10. The van der Waals surface area contributed by atoms with Crippen molar-refractivity contribution in [1.82, 2.24) is 30.2 Å². The van der Waals surface area contributed by atoms with Crippen molar-refractivity contribution in [2.75, 3.05) is 26.3 Å². The average molecular weight is 593 g/mol. The van der Waals surface area contributed by atoms with Crippen molar-refractivity contribution in [2.45, 2.75) is 82.4 Å². The van der Waals surface area contributed by atoms with Crippen LogP contribution in [0.15, 0.2) is 41.9 Å². The van der Waals surface area contributed by atoms with Gasteiger partial charge in [0.25, 0.3) is 0 Å². The fourth-order valence-electron chi connectivity index (χ4n) is 6.19. The number of aliphatic hydroxyl groups excluding tert-OH is 1. The molecule has 3 aromatic rings. The second kappa shape index (κ2) is 11.5. The first-order valence-corrected chi connectivity index (χ1v) is 15.8. The van der Waals surface area contributed by atoms with Crippen LogP contribution >= 0.6 is 11.3 Å². The molecular formula is C31H40N6O4S. The number of aliphatic hydroxyl groups is 1. The maximum absolute atomic E-state index is 14.1. The van der Waals surface area contributed by atoms with Gasteiger partial charge in [0.15, 0.2) is 0 Å². The third-order valence-electron chi connectivity index (χ3n) is 8.79. The molecule has 11 heteroatoms. The van der Waals surface area contributed by atoms with Gasteiger partial charge in [-0.15, -0.1) is 16.4 Å². The topological polar surface area (TPSA) is 122 Å². The van der Waals surface area contributed by atoms with Gasteiger partial charge in [0.2, 0.25) is 11.8 Å². The summed E-state index contributed by atoms with van der Waals surface area (Å²) < 4.78 is 7.34. The molecule has 224 valence electrons. The monoisotopic (exact) mass is 592 g/mol. The van der Waals surface area contributed by atoms with Crippen LogP contribution in [0.3, 0.4) is 0 Å². The van der Waals surface area contributed by atoms with Crippen LogP contribution in [0, 0.1) is 5.41 Å². The molecule has 4 heterocycles. The molecule has 10 nitrogen and oxygen atoms in total. The van der Waals surface area contributed by atoms with Gasteiger partial charge in [0.1, 0.15) is 17.1 Å². The van der Waals surface area contributed by atoms with E-state index in [-0.39, 0.29) is 30.2 Å². The van der Waals surface area contributed by atoms with Gasteiger partial charge in [-0.3, -0.25) is 9.59 Å². The summed E-state index contributed by atoms with van der Waals surface area (Å²) in [4.78, 5) is 34.4. The number of nitrogens with zero attached hydrogens (tertiary/aromatic N) is 5. The van der Waals surface area contributed by atoms with E-state index in [4.69, 9.17) is 9.72 Å². The van der Waals surface area contributed by atoms with Gasteiger partial charge in [-0.1, -0.05) is 56.3 Å².